The summed E-state index contributed by atoms with van der Waals surface area (Å²) < 4.78 is 4.60. The fourth-order valence-electron chi connectivity index (χ4n) is 7.25. The number of aromatic nitrogens is 2. The molecule has 170 valence electrons. The highest BCUT2D eigenvalue weighted by molar-refractivity contribution is 7.09. The molecule has 0 N–H and O–H groups in total. The van der Waals surface area contributed by atoms with Crippen LogP contribution in [0.5, 0.6) is 0 Å². The second-order valence-corrected chi connectivity index (χ2v) is 11.8. The first-order valence-electron chi connectivity index (χ1n) is 12.2. The van der Waals surface area contributed by atoms with Crippen LogP contribution in [0.15, 0.2) is 24.3 Å². The zero-order valence-corrected chi connectivity index (χ0v) is 20.1. The quantitative estimate of drug-likeness (QED) is 0.628. The lowest BCUT2D eigenvalue weighted by Gasteiger charge is -2.56. The van der Waals surface area contributed by atoms with Crippen LogP contribution in [0.2, 0.25) is 5.02 Å². The van der Waals surface area contributed by atoms with Crippen LogP contribution in [0.25, 0.3) is 0 Å². The van der Waals surface area contributed by atoms with E-state index in [0.717, 1.165) is 92.0 Å². The lowest BCUT2D eigenvalue weighted by atomic mass is 9.49. The maximum absolute atomic E-state index is 13.8. The van der Waals surface area contributed by atoms with E-state index >= 15 is 0 Å². The van der Waals surface area contributed by atoms with Gasteiger partial charge in [-0.05, 0) is 80.4 Å². The molecule has 7 rings (SSSR count). The van der Waals surface area contributed by atoms with E-state index in [1.165, 1.54) is 36.4 Å². The molecule has 7 heteroatoms. The normalized spacial score (nSPS) is 31.7. The minimum Gasteiger partial charge on any atom is -0.345 e. The van der Waals surface area contributed by atoms with Gasteiger partial charge in [-0.1, -0.05) is 23.7 Å². The molecule has 4 saturated carbocycles. The second-order valence-electron chi connectivity index (χ2n) is 10.6. The molecule has 2 aromatic rings. The lowest BCUT2D eigenvalue weighted by molar-refractivity contribution is -0.157. The third kappa shape index (κ3) is 3.94. The van der Waals surface area contributed by atoms with Crippen LogP contribution in [0.3, 0.4) is 0 Å². The van der Waals surface area contributed by atoms with E-state index in [1.807, 2.05) is 24.3 Å². The number of amides is 1. The van der Waals surface area contributed by atoms with Crippen molar-refractivity contribution in [1.82, 2.24) is 14.3 Å². The molecule has 0 atom stereocenters. The summed E-state index contributed by atoms with van der Waals surface area (Å²) in [7, 11) is 0. The van der Waals surface area contributed by atoms with Gasteiger partial charge in [-0.25, -0.2) is 4.98 Å². The first-order valence-corrected chi connectivity index (χ1v) is 13.3. The number of nitrogens with zero attached hydrogens (tertiary/aromatic N) is 4. The van der Waals surface area contributed by atoms with Crippen molar-refractivity contribution in [3.63, 3.8) is 0 Å². The number of hydrogen-bond acceptors (Lipinski definition) is 5. The highest BCUT2D eigenvalue weighted by Gasteiger charge is 2.55. The number of anilines is 1. The molecule has 4 bridgehead atoms. The summed E-state index contributed by atoms with van der Waals surface area (Å²) in [6.45, 7) is 3.49. The van der Waals surface area contributed by atoms with Gasteiger partial charge in [0.2, 0.25) is 11.0 Å². The Hall–Kier alpha value is -1.66. The molecule has 1 aromatic heterocycles. The van der Waals surface area contributed by atoms with Crippen molar-refractivity contribution in [2.45, 2.75) is 51.4 Å². The van der Waals surface area contributed by atoms with Crippen molar-refractivity contribution in [3.05, 3.63) is 40.7 Å². The minimum absolute atomic E-state index is 0.0294. The lowest BCUT2D eigenvalue weighted by Crippen LogP contribution is -2.55. The number of hydrogen-bond donors (Lipinski definition) is 0. The average Bonchev–Trinajstić information content (AvgIpc) is 3.09. The van der Waals surface area contributed by atoms with Crippen molar-refractivity contribution < 1.29 is 4.79 Å². The van der Waals surface area contributed by atoms with Gasteiger partial charge in [-0.15, -0.1) is 0 Å². The van der Waals surface area contributed by atoms with E-state index in [4.69, 9.17) is 16.6 Å². The van der Waals surface area contributed by atoms with Crippen molar-refractivity contribution >= 4 is 34.2 Å². The van der Waals surface area contributed by atoms with Crippen LogP contribution >= 0.6 is 23.1 Å². The molecule has 1 aromatic carbocycles. The Labute approximate surface area is 199 Å². The summed E-state index contributed by atoms with van der Waals surface area (Å²) >= 11 is 7.47. The molecule has 5 nitrogen and oxygen atoms in total. The van der Waals surface area contributed by atoms with Gasteiger partial charge in [0.25, 0.3) is 0 Å². The molecule has 2 heterocycles. The van der Waals surface area contributed by atoms with Crippen LogP contribution in [0, 0.1) is 23.2 Å². The van der Waals surface area contributed by atoms with Crippen LogP contribution in [-0.2, 0) is 11.2 Å². The van der Waals surface area contributed by atoms with E-state index < -0.39 is 0 Å². The topological polar surface area (TPSA) is 49.3 Å². The van der Waals surface area contributed by atoms with Gasteiger partial charge in [0.15, 0.2) is 0 Å². The summed E-state index contributed by atoms with van der Waals surface area (Å²) in [5.74, 6) is 3.77. The Bertz CT molecular complexity index is 955. The third-order valence-corrected chi connectivity index (χ3v) is 9.35. The Morgan fingerprint density at radius 1 is 1.00 bits per heavy atom. The maximum atomic E-state index is 13.8. The Kier molecular flexibility index (Phi) is 5.41. The van der Waals surface area contributed by atoms with Crippen molar-refractivity contribution in [3.8, 4) is 0 Å². The predicted octanol–water partition coefficient (Wildman–Crippen LogP) is 5.04. The average molecular weight is 471 g/mol. The van der Waals surface area contributed by atoms with E-state index in [1.54, 1.807) is 0 Å². The number of carbonyl (C=O) groups is 1. The number of carbonyl (C=O) groups excluding carboxylic acids is 1. The van der Waals surface area contributed by atoms with E-state index in [9.17, 15) is 4.79 Å². The van der Waals surface area contributed by atoms with Crippen molar-refractivity contribution in [2.75, 3.05) is 31.1 Å². The van der Waals surface area contributed by atoms with Gasteiger partial charge >= 0.3 is 0 Å². The highest BCUT2D eigenvalue weighted by atomic mass is 35.5. The predicted molar refractivity (Wildman–Crippen MR) is 128 cm³/mol. The van der Waals surface area contributed by atoms with Gasteiger partial charge < -0.3 is 9.80 Å². The molecule has 1 amide bonds. The Balaban J connectivity index is 1.10. The molecule has 5 aliphatic rings. The molecule has 0 radical (unpaired) electrons. The summed E-state index contributed by atoms with van der Waals surface area (Å²) in [6.07, 6.45) is 9.34. The number of halogens is 1. The fourth-order valence-corrected chi connectivity index (χ4v) is 8.11. The molecular formula is C25H31ClN4OS. The fraction of sp³-hybridized carbons (Fsp3) is 0.640. The molecule has 1 aliphatic heterocycles. The number of rotatable bonds is 4. The van der Waals surface area contributed by atoms with Crippen LogP contribution in [-0.4, -0.2) is 46.3 Å². The molecule has 0 spiro atoms. The molecular weight excluding hydrogens is 440 g/mol. The molecule has 4 aliphatic carbocycles. The van der Waals surface area contributed by atoms with Gasteiger partial charge in [0.05, 0.1) is 5.41 Å². The van der Waals surface area contributed by atoms with E-state index in [2.05, 4.69) is 14.2 Å². The highest BCUT2D eigenvalue weighted by Crippen LogP contribution is 2.60. The molecule has 0 unspecified atom stereocenters. The standard InChI is InChI=1S/C25H31ClN4OS/c26-21-4-2-17(3-5-21)13-22-27-24(32-28-22)30-7-1-6-29(8-9-30)23(31)25-14-18-10-19(15-25)12-20(11-18)16-25/h2-5,18-20H,1,6-16H2. The molecule has 1 saturated heterocycles. The second kappa shape index (κ2) is 8.28. The van der Waals surface area contributed by atoms with Gasteiger partial charge in [-0.3, -0.25) is 4.79 Å². The largest absolute Gasteiger partial charge is 0.345 e. The van der Waals surface area contributed by atoms with Gasteiger partial charge in [-0.2, -0.15) is 4.37 Å². The maximum Gasteiger partial charge on any atom is 0.228 e. The van der Waals surface area contributed by atoms with Crippen molar-refractivity contribution in [2.24, 2.45) is 23.2 Å². The SMILES string of the molecule is O=C(N1CCCN(c2nc(Cc3ccc(Cl)cc3)ns2)CC1)C12CC3CC(CC(C3)C1)C2. The molecule has 32 heavy (non-hydrogen) atoms. The van der Waals surface area contributed by atoms with Crippen LogP contribution in [0.1, 0.15) is 56.3 Å². The van der Waals surface area contributed by atoms with Crippen LogP contribution in [0.4, 0.5) is 5.13 Å². The zero-order chi connectivity index (χ0) is 21.7. The Morgan fingerprint density at radius 3 is 2.38 bits per heavy atom. The first-order chi connectivity index (χ1) is 15.6. The van der Waals surface area contributed by atoms with Gasteiger partial charge in [0, 0.05) is 49.2 Å². The first kappa shape index (κ1) is 20.9. The smallest absolute Gasteiger partial charge is 0.228 e. The Morgan fingerprint density at radius 2 is 1.69 bits per heavy atom. The van der Waals surface area contributed by atoms with Crippen molar-refractivity contribution in [1.29, 1.82) is 0 Å². The summed E-state index contributed by atoms with van der Waals surface area (Å²) in [5, 5.41) is 1.73. The minimum atomic E-state index is -0.0294. The molecule has 5 fully saturated rings. The number of benzene rings is 1. The van der Waals surface area contributed by atoms with Crippen LogP contribution < -0.4 is 4.90 Å². The monoisotopic (exact) mass is 470 g/mol. The van der Waals surface area contributed by atoms with E-state index in [-0.39, 0.29) is 5.41 Å². The summed E-state index contributed by atoms with van der Waals surface area (Å²) in [5.41, 5.74) is 1.14. The van der Waals surface area contributed by atoms with E-state index in [0.29, 0.717) is 5.91 Å². The summed E-state index contributed by atoms with van der Waals surface area (Å²) in [6, 6.07) is 7.88. The van der Waals surface area contributed by atoms with Gasteiger partial charge in [0.1, 0.15) is 5.82 Å². The third-order valence-electron chi connectivity index (χ3n) is 8.28. The zero-order valence-electron chi connectivity index (χ0n) is 18.5. The summed E-state index contributed by atoms with van der Waals surface area (Å²) in [4.78, 5) is 23.1.